The van der Waals surface area contributed by atoms with E-state index in [1.165, 1.54) is 0 Å². The number of carbonyl (C=O) groups excluding carboxylic acids is 1. The lowest BCUT2D eigenvalue weighted by molar-refractivity contribution is -0.682. The van der Waals surface area contributed by atoms with Gasteiger partial charge >= 0.3 is 0 Å². The van der Waals surface area contributed by atoms with Gasteiger partial charge in [-0.25, -0.2) is 0 Å². The SMILES string of the molecule is C[C@@H]([NH2+]CC(=O)Nc1cc(Cl)ccc1Cl)c1ccc(Cl)cc1. The van der Waals surface area contributed by atoms with Gasteiger partial charge in [-0.1, -0.05) is 46.9 Å². The van der Waals surface area contributed by atoms with Crippen LogP contribution in [0.4, 0.5) is 5.69 Å². The first-order valence-corrected chi connectivity index (χ1v) is 7.93. The van der Waals surface area contributed by atoms with Gasteiger partial charge in [0.15, 0.2) is 6.54 Å². The summed E-state index contributed by atoms with van der Waals surface area (Å²) in [5.41, 5.74) is 1.63. The van der Waals surface area contributed by atoms with E-state index in [1.54, 1.807) is 18.2 Å². The molecule has 2 aromatic carbocycles. The van der Waals surface area contributed by atoms with E-state index in [1.807, 2.05) is 36.5 Å². The van der Waals surface area contributed by atoms with Crippen molar-refractivity contribution in [1.82, 2.24) is 0 Å². The Labute approximate surface area is 144 Å². The average Bonchev–Trinajstić information content (AvgIpc) is 2.49. The Bertz CT molecular complexity index is 659. The molecule has 6 heteroatoms. The number of hydrogen-bond acceptors (Lipinski definition) is 1. The lowest BCUT2D eigenvalue weighted by atomic mass is 10.1. The molecule has 0 spiro atoms. The minimum absolute atomic E-state index is 0.134. The zero-order chi connectivity index (χ0) is 16.1. The van der Waals surface area contributed by atoms with Crippen molar-refractivity contribution in [3.63, 3.8) is 0 Å². The van der Waals surface area contributed by atoms with Gasteiger partial charge < -0.3 is 10.6 Å². The van der Waals surface area contributed by atoms with Gasteiger partial charge in [-0.2, -0.15) is 0 Å². The number of nitrogens with one attached hydrogen (secondary N) is 1. The molecule has 116 valence electrons. The van der Waals surface area contributed by atoms with E-state index in [0.717, 1.165) is 5.56 Å². The highest BCUT2D eigenvalue weighted by molar-refractivity contribution is 6.35. The molecule has 3 N–H and O–H groups in total. The normalized spacial score (nSPS) is 12.0. The number of rotatable bonds is 5. The molecular formula is C16H16Cl3N2O+. The molecule has 3 nitrogen and oxygen atoms in total. The summed E-state index contributed by atoms with van der Waals surface area (Å²) in [4.78, 5) is 12.0. The molecular weight excluding hydrogens is 343 g/mol. The van der Waals surface area contributed by atoms with Crippen molar-refractivity contribution in [2.75, 3.05) is 11.9 Å². The van der Waals surface area contributed by atoms with Crippen LogP contribution in [0, 0.1) is 0 Å². The molecule has 0 bridgehead atoms. The molecule has 2 rings (SSSR count). The van der Waals surface area contributed by atoms with E-state index in [-0.39, 0.29) is 18.5 Å². The highest BCUT2D eigenvalue weighted by Gasteiger charge is 2.12. The fraction of sp³-hybridized carbons (Fsp3) is 0.188. The second-order valence-corrected chi connectivity index (χ2v) is 6.23. The maximum atomic E-state index is 12.0. The van der Waals surface area contributed by atoms with Crippen LogP contribution in [0.5, 0.6) is 0 Å². The van der Waals surface area contributed by atoms with E-state index >= 15 is 0 Å². The Morgan fingerprint density at radius 1 is 1.09 bits per heavy atom. The van der Waals surface area contributed by atoms with Gasteiger partial charge in [0.05, 0.1) is 10.7 Å². The zero-order valence-corrected chi connectivity index (χ0v) is 14.2. The molecule has 0 aliphatic rings. The summed E-state index contributed by atoms with van der Waals surface area (Å²) in [6.07, 6.45) is 0. The minimum Gasteiger partial charge on any atom is -0.333 e. The summed E-state index contributed by atoms with van der Waals surface area (Å²) in [5, 5.41) is 6.39. The van der Waals surface area contributed by atoms with E-state index in [4.69, 9.17) is 34.8 Å². The van der Waals surface area contributed by atoms with Crippen molar-refractivity contribution >= 4 is 46.4 Å². The third-order valence-electron chi connectivity index (χ3n) is 3.26. The lowest BCUT2D eigenvalue weighted by Gasteiger charge is -2.12. The maximum Gasteiger partial charge on any atom is 0.279 e. The van der Waals surface area contributed by atoms with Crippen LogP contribution >= 0.6 is 34.8 Å². The molecule has 2 aromatic rings. The first-order valence-electron chi connectivity index (χ1n) is 6.79. The third-order valence-corrected chi connectivity index (χ3v) is 4.07. The number of quaternary nitrogens is 1. The Morgan fingerprint density at radius 2 is 1.73 bits per heavy atom. The number of anilines is 1. The van der Waals surface area contributed by atoms with Gasteiger partial charge in [0.1, 0.15) is 6.04 Å². The Hall–Kier alpha value is -1.26. The van der Waals surface area contributed by atoms with Crippen molar-refractivity contribution in [3.8, 4) is 0 Å². The first kappa shape index (κ1) is 17.1. The number of carbonyl (C=O) groups is 1. The van der Waals surface area contributed by atoms with Crippen LogP contribution in [-0.2, 0) is 4.79 Å². The predicted octanol–water partition coefficient (Wildman–Crippen LogP) is 3.91. The van der Waals surface area contributed by atoms with Crippen LogP contribution in [0.1, 0.15) is 18.5 Å². The molecule has 1 atom stereocenters. The van der Waals surface area contributed by atoms with Gasteiger partial charge in [0.25, 0.3) is 5.91 Å². The minimum atomic E-state index is -0.134. The summed E-state index contributed by atoms with van der Waals surface area (Å²) in [6, 6.07) is 12.7. The topological polar surface area (TPSA) is 45.7 Å². The highest BCUT2D eigenvalue weighted by atomic mass is 35.5. The van der Waals surface area contributed by atoms with Crippen LogP contribution in [-0.4, -0.2) is 12.5 Å². The van der Waals surface area contributed by atoms with Gasteiger partial charge in [0.2, 0.25) is 0 Å². The molecule has 0 fully saturated rings. The molecule has 22 heavy (non-hydrogen) atoms. The van der Waals surface area contributed by atoms with E-state index < -0.39 is 0 Å². The largest absolute Gasteiger partial charge is 0.333 e. The smallest absolute Gasteiger partial charge is 0.279 e. The molecule has 0 saturated heterocycles. The van der Waals surface area contributed by atoms with Crippen LogP contribution < -0.4 is 10.6 Å². The van der Waals surface area contributed by atoms with Crippen LogP contribution in [0.2, 0.25) is 15.1 Å². The summed E-state index contributed by atoms with van der Waals surface area (Å²) < 4.78 is 0. The summed E-state index contributed by atoms with van der Waals surface area (Å²) in [6.45, 7) is 2.31. The lowest BCUT2D eigenvalue weighted by Crippen LogP contribution is -2.86. The van der Waals surface area contributed by atoms with Gasteiger partial charge in [-0.05, 0) is 37.3 Å². The number of benzene rings is 2. The monoisotopic (exact) mass is 357 g/mol. The molecule has 0 unspecified atom stereocenters. The average molecular weight is 359 g/mol. The summed E-state index contributed by atoms with van der Waals surface area (Å²) in [7, 11) is 0. The van der Waals surface area contributed by atoms with Crippen molar-refractivity contribution in [1.29, 1.82) is 0 Å². The van der Waals surface area contributed by atoms with Crippen molar-refractivity contribution in [2.45, 2.75) is 13.0 Å². The molecule has 0 aliphatic carbocycles. The standard InChI is InChI=1S/C16H15Cl3N2O/c1-10(11-2-4-12(17)5-3-11)20-9-16(22)21-15-8-13(18)6-7-14(15)19/h2-8,10,20H,9H2,1H3,(H,21,22)/p+1/t10-/m1/s1. The number of amides is 1. The van der Waals surface area contributed by atoms with Gasteiger partial charge in [-0.3, -0.25) is 4.79 Å². The van der Waals surface area contributed by atoms with Crippen molar-refractivity contribution < 1.29 is 10.1 Å². The van der Waals surface area contributed by atoms with Crippen molar-refractivity contribution in [2.24, 2.45) is 0 Å². The highest BCUT2D eigenvalue weighted by Crippen LogP contribution is 2.25. The quantitative estimate of drug-likeness (QED) is 0.836. The van der Waals surface area contributed by atoms with Crippen LogP contribution in [0.25, 0.3) is 0 Å². The summed E-state index contributed by atoms with van der Waals surface area (Å²) >= 11 is 17.8. The molecule has 0 radical (unpaired) electrons. The second kappa shape index (κ2) is 7.84. The number of nitrogens with two attached hydrogens (primary N) is 1. The van der Waals surface area contributed by atoms with E-state index in [0.29, 0.717) is 20.8 Å². The van der Waals surface area contributed by atoms with Crippen LogP contribution in [0.15, 0.2) is 42.5 Å². The maximum absolute atomic E-state index is 12.0. The predicted molar refractivity (Wildman–Crippen MR) is 91.8 cm³/mol. The third kappa shape index (κ3) is 4.89. The molecule has 0 aromatic heterocycles. The molecule has 1 amide bonds. The number of hydrogen-bond donors (Lipinski definition) is 2. The fourth-order valence-electron chi connectivity index (χ4n) is 1.98. The van der Waals surface area contributed by atoms with Crippen molar-refractivity contribution in [3.05, 3.63) is 63.1 Å². The van der Waals surface area contributed by atoms with E-state index in [9.17, 15) is 4.79 Å². The number of halogens is 3. The van der Waals surface area contributed by atoms with E-state index in [2.05, 4.69) is 5.32 Å². The Balaban J connectivity index is 1.89. The Kier molecular flexibility index (Phi) is 6.09. The zero-order valence-electron chi connectivity index (χ0n) is 11.9. The summed E-state index contributed by atoms with van der Waals surface area (Å²) in [5.74, 6) is -0.134. The first-order chi connectivity index (χ1) is 10.5. The van der Waals surface area contributed by atoms with Gasteiger partial charge in [0, 0.05) is 15.6 Å². The molecule has 0 heterocycles. The molecule has 0 aliphatic heterocycles. The second-order valence-electron chi connectivity index (χ2n) is 4.95. The van der Waals surface area contributed by atoms with Gasteiger partial charge in [-0.15, -0.1) is 0 Å². The molecule has 0 saturated carbocycles. The van der Waals surface area contributed by atoms with Crippen LogP contribution in [0.3, 0.4) is 0 Å². The fourth-order valence-corrected chi connectivity index (χ4v) is 2.44. The Morgan fingerprint density at radius 3 is 2.41 bits per heavy atom.